The standard InChI is InChI=1S/C14H20O4/c1-16-13(15)5-9-2-3-12-14(18-9)6-8-4-10(8)11(7-14)17-12/h8-12H,2-7H2,1H3/t8-,9-,10-,11-,12+,14+/m1/s1. The second-order valence-corrected chi connectivity index (χ2v) is 6.39. The van der Waals surface area contributed by atoms with E-state index in [1.807, 2.05) is 0 Å². The molecule has 0 amide bonds. The predicted octanol–water partition coefficient (Wildman–Crippen LogP) is 1.66. The fourth-order valence-corrected chi connectivity index (χ4v) is 4.37. The van der Waals surface area contributed by atoms with Gasteiger partial charge in [-0.2, -0.15) is 0 Å². The van der Waals surface area contributed by atoms with Crippen molar-refractivity contribution >= 4 is 5.97 Å². The summed E-state index contributed by atoms with van der Waals surface area (Å²) in [4.78, 5) is 11.4. The molecule has 4 aliphatic rings. The highest BCUT2D eigenvalue weighted by molar-refractivity contribution is 5.69. The summed E-state index contributed by atoms with van der Waals surface area (Å²) in [6, 6.07) is 0. The predicted molar refractivity (Wildman–Crippen MR) is 63.0 cm³/mol. The Morgan fingerprint density at radius 2 is 2.28 bits per heavy atom. The molecule has 0 aromatic carbocycles. The summed E-state index contributed by atoms with van der Waals surface area (Å²) in [6.07, 6.45) is 6.63. The third-order valence-corrected chi connectivity index (χ3v) is 5.31. The van der Waals surface area contributed by atoms with Gasteiger partial charge >= 0.3 is 5.97 Å². The van der Waals surface area contributed by atoms with Crippen LogP contribution in [-0.4, -0.2) is 37.0 Å². The van der Waals surface area contributed by atoms with Crippen molar-refractivity contribution in [3.05, 3.63) is 0 Å². The van der Waals surface area contributed by atoms with Gasteiger partial charge in [-0.3, -0.25) is 4.79 Å². The van der Waals surface area contributed by atoms with E-state index < -0.39 is 0 Å². The zero-order valence-corrected chi connectivity index (χ0v) is 10.8. The minimum Gasteiger partial charge on any atom is -0.469 e. The number of fused-ring (bicyclic) bond motifs is 3. The molecule has 100 valence electrons. The number of rotatable bonds is 2. The van der Waals surface area contributed by atoms with Crippen LogP contribution in [0.15, 0.2) is 0 Å². The molecular formula is C14H20O4. The molecule has 4 rings (SSSR count). The third kappa shape index (κ3) is 1.55. The summed E-state index contributed by atoms with van der Waals surface area (Å²) in [7, 11) is 1.44. The summed E-state index contributed by atoms with van der Waals surface area (Å²) in [5, 5.41) is 0. The van der Waals surface area contributed by atoms with Crippen LogP contribution in [0.2, 0.25) is 0 Å². The molecule has 0 unspecified atom stereocenters. The number of carbonyl (C=O) groups is 1. The van der Waals surface area contributed by atoms with Gasteiger partial charge in [-0.15, -0.1) is 0 Å². The van der Waals surface area contributed by atoms with E-state index >= 15 is 0 Å². The Morgan fingerprint density at radius 1 is 1.39 bits per heavy atom. The molecule has 2 aliphatic carbocycles. The van der Waals surface area contributed by atoms with Crippen LogP contribution in [0, 0.1) is 11.8 Å². The number of carbonyl (C=O) groups excluding carboxylic acids is 1. The van der Waals surface area contributed by atoms with Crippen LogP contribution in [0.1, 0.15) is 38.5 Å². The van der Waals surface area contributed by atoms with Crippen LogP contribution in [-0.2, 0) is 19.0 Å². The van der Waals surface area contributed by atoms with Crippen molar-refractivity contribution in [1.82, 2.24) is 0 Å². The van der Waals surface area contributed by atoms with Crippen LogP contribution < -0.4 is 0 Å². The summed E-state index contributed by atoms with van der Waals surface area (Å²) >= 11 is 0. The maximum absolute atomic E-state index is 11.4. The lowest BCUT2D eigenvalue weighted by molar-refractivity contribution is -0.177. The van der Waals surface area contributed by atoms with Crippen molar-refractivity contribution in [3.63, 3.8) is 0 Å². The number of hydrogen-bond donors (Lipinski definition) is 0. The van der Waals surface area contributed by atoms with Gasteiger partial charge in [-0.1, -0.05) is 0 Å². The molecule has 4 fully saturated rings. The molecule has 0 radical (unpaired) electrons. The Kier molecular flexibility index (Phi) is 2.31. The lowest BCUT2D eigenvalue weighted by atomic mass is 9.78. The van der Waals surface area contributed by atoms with Gasteiger partial charge in [0.1, 0.15) is 0 Å². The van der Waals surface area contributed by atoms with Gasteiger partial charge in [0, 0.05) is 6.42 Å². The quantitative estimate of drug-likeness (QED) is 0.701. The fourth-order valence-electron chi connectivity index (χ4n) is 4.37. The monoisotopic (exact) mass is 252 g/mol. The van der Waals surface area contributed by atoms with Crippen LogP contribution >= 0.6 is 0 Å². The average molecular weight is 252 g/mol. The average Bonchev–Trinajstić information content (AvgIpc) is 3.04. The van der Waals surface area contributed by atoms with E-state index in [1.165, 1.54) is 13.5 Å². The molecule has 0 aromatic heterocycles. The van der Waals surface area contributed by atoms with Crippen molar-refractivity contribution < 1.29 is 19.0 Å². The van der Waals surface area contributed by atoms with Gasteiger partial charge in [-0.05, 0) is 37.5 Å². The first-order chi connectivity index (χ1) is 8.70. The zero-order valence-electron chi connectivity index (χ0n) is 10.8. The van der Waals surface area contributed by atoms with Gasteiger partial charge in [0.05, 0.1) is 37.4 Å². The first-order valence-electron chi connectivity index (χ1n) is 7.10. The molecule has 4 heteroatoms. The van der Waals surface area contributed by atoms with Gasteiger partial charge in [0.15, 0.2) is 0 Å². The van der Waals surface area contributed by atoms with E-state index in [0.717, 1.165) is 37.5 Å². The van der Waals surface area contributed by atoms with E-state index in [0.29, 0.717) is 12.5 Å². The molecular weight excluding hydrogens is 232 g/mol. The van der Waals surface area contributed by atoms with Crippen molar-refractivity contribution in [2.45, 2.75) is 62.4 Å². The number of hydrogen-bond acceptors (Lipinski definition) is 4. The second-order valence-electron chi connectivity index (χ2n) is 6.39. The Bertz CT molecular complexity index is 378. The van der Waals surface area contributed by atoms with Crippen LogP contribution in [0.25, 0.3) is 0 Å². The topological polar surface area (TPSA) is 44.8 Å². The molecule has 0 N–H and O–H groups in total. The van der Waals surface area contributed by atoms with Crippen molar-refractivity contribution in [2.24, 2.45) is 11.8 Å². The summed E-state index contributed by atoms with van der Waals surface area (Å²) < 4.78 is 17.2. The highest BCUT2D eigenvalue weighted by Gasteiger charge is 2.64. The van der Waals surface area contributed by atoms with Crippen LogP contribution in [0.3, 0.4) is 0 Å². The highest BCUT2D eigenvalue weighted by atomic mass is 16.6. The molecule has 18 heavy (non-hydrogen) atoms. The summed E-state index contributed by atoms with van der Waals surface area (Å²) in [6.45, 7) is 0. The highest BCUT2D eigenvalue weighted by Crippen LogP contribution is 2.62. The zero-order chi connectivity index (χ0) is 12.3. The van der Waals surface area contributed by atoms with Crippen molar-refractivity contribution in [2.75, 3.05) is 7.11 Å². The molecule has 2 heterocycles. The van der Waals surface area contributed by atoms with Gasteiger partial charge in [-0.25, -0.2) is 0 Å². The molecule has 2 bridgehead atoms. The molecule has 2 saturated carbocycles. The van der Waals surface area contributed by atoms with Crippen LogP contribution in [0.5, 0.6) is 0 Å². The first-order valence-corrected chi connectivity index (χ1v) is 7.10. The molecule has 2 saturated heterocycles. The Balaban J connectivity index is 1.50. The van der Waals surface area contributed by atoms with E-state index in [9.17, 15) is 4.79 Å². The molecule has 2 aliphatic heterocycles. The summed E-state index contributed by atoms with van der Waals surface area (Å²) in [5.41, 5.74) is -0.0702. The van der Waals surface area contributed by atoms with E-state index in [2.05, 4.69) is 0 Å². The number of methoxy groups -OCH3 is 1. The van der Waals surface area contributed by atoms with Gasteiger partial charge in [0.2, 0.25) is 0 Å². The second kappa shape index (κ2) is 3.70. The minimum atomic E-state index is -0.162. The number of ether oxygens (including phenoxy) is 3. The fraction of sp³-hybridized carbons (Fsp3) is 0.929. The van der Waals surface area contributed by atoms with E-state index in [-0.39, 0.29) is 23.8 Å². The first kappa shape index (κ1) is 11.2. The normalized spacial score (nSPS) is 52.4. The summed E-state index contributed by atoms with van der Waals surface area (Å²) in [5.74, 6) is 1.47. The van der Waals surface area contributed by atoms with Crippen molar-refractivity contribution in [3.8, 4) is 0 Å². The van der Waals surface area contributed by atoms with Gasteiger partial charge < -0.3 is 14.2 Å². The van der Waals surface area contributed by atoms with E-state index in [1.54, 1.807) is 0 Å². The Hall–Kier alpha value is -0.610. The molecule has 6 atom stereocenters. The third-order valence-electron chi connectivity index (χ3n) is 5.31. The maximum atomic E-state index is 11.4. The maximum Gasteiger partial charge on any atom is 0.308 e. The van der Waals surface area contributed by atoms with Gasteiger partial charge in [0.25, 0.3) is 0 Å². The Labute approximate surface area is 107 Å². The Morgan fingerprint density at radius 3 is 3.11 bits per heavy atom. The smallest absolute Gasteiger partial charge is 0.308 e. The lowest BCUT2D eigenvalue weighted by Crippen LogP contribution is -2.49. The number of esters is 1. The van der Waals surface area contributed by atoms with Crippen LogP contribution in [0.4, 0.5) is 0 Å². The minimum absolute atomic E-state index is 0.0337. The SMILES string of the molecule is COC(=O)C[C@H]1CC[C@@H]2O[C@@H]3C[C@]2(C[C@H]2C[C@H]23)O1. The molecule has 1 spiro atoms. The van der Waals surface area contributed by atoms with E-state index in [4.69, 9.17) is 14.2 Å². The van der Waals surface area contributed by atoms with Crippen molar-refractivity contribution in [1.29, 1.82) is 0 Å². The molecule has 4 nitrogen and oxygen atoms in total. The lowest BCUT2D eigenvalue weighted by Gasteiger charge is -2.42. The largest absolute Gasteiger partial charge is 0.469 e. The molecule has 0 aromatic rings.